The Hall–Kier alpha value is -2.36. The second-order valence-corrected chi connectivity index (χ2v) is 8.22. The van der Waals surface area contributed by atoms with Gasteiger partial charge in [0.15, 0.2) is 11.6 Å². The fourth-order valence-electron chi connectivity index (χ4n) is 3.46. The molecule has 0 bridgehead atoms. The summed E-state index contributed by atoms with van der Waals surface area (Å²) in [5, 5.41) is 0. The number of ether oxygens (including phenoxy) is 2. The number of unbranched alkanes of at least 4 members (excludes halogenated alkanes) is 5. The molecule has 0 N–H and O–H groups in total. The molecule has 0 aliphatic heterocycles. The Morgan fingerprint density at radius 1 is 0.903 bits per heavy atom. The third-order valence-corrected chi connectivity index (χ3v) is 5.33. The predicted molar refractivity (Wildman–Crippen MR) is 125 cm³/mol. The SMILES string of the molecule is CCCCCCC(=O)OC(C)COc1ccc(-c2ccc(CCCCC)cc2)cc1F. The normalized spacial score (nSPS) is 11.9. The van der Waals surface area contributed by atoms with Crippen LogP contribution in [0.5, 0.6) is 5.75 Å². The van der Waals surface area contributed by atoms with E-state index in [-0.39, 0.29) is 18.3 Å². The molecule has 0 saturated heterocycles. The highest BCUT2D eigenvalue weighted by Crippen LogP contribution is 2.26. The molecule has 0 aromatic heterocycles. The molecule has 0 aliphatic carbocycles. The summed E-state index contributed by atoms with van der Waals surface area (Å²) in [5.74, 6) is -0.463. The van der Waals surface area contributed by atoms with Gasteiger partial charge in [-0.25, -0.2) is 4.39 Å². The number of carbonyl (C=O) groups excluding carboxylic acids is 1. The van der Waals surface area contributed by atoms with Gasteiger partial charge in [-0.2, -0.15) is 0 Å². The Morgan fingerprint density at radius 2 is 1.58 bits per heavy atom. The van der Waals surface area contributed by atoms with Crippen molar-refractivity contribution in [2.24, 2.45) is 0 Å². The molecule has 0 fully saturated rings. The van der Waals surface area contributed by atoms with Crippen LogP contribution >= 0.6 is 0 Å². The lowest BCUT2D eigenvalue weighted by Crippen LogP contribution is -2.22. The zero-order valence-corrected chi connectivity index (χ0v) is 19.3. The van der Waals surface area contributed by atoms with Gasteiger partial charge in [0.1, 0.15) is 12.7 Å². The Labute approximate surface area is 187 Å². The molecule has 0 spiro atoms. The fraction of sp³-hybridized carbons (Fsp3) is 0.519. The maximum atomic E-state index is 14.5. The van der Waals surface area contributed by atoms with Crippen LogP contribution < -0.4 is 4.74 Å². The number of aryl methyl sites for hydroxylation is 1. The number of benzene rings is 2. The Bertz CT molecular complexity index is 786. The highest BCUT2D eigenvalue weighted by molar-refractivity contribution is 5.69. The highest BCUT2D eigenvalue weighted by Gasteiger charge is 2.12. The summed E-state index contributed by atoms with van der Waals surface area (Å²) >= 11 is 0. The number of esters is 1. The van der Waals surface area contributed by atoms with Crippen molar-refractivity contribution >= 4 is 5.97 Å². The Kier molecular flexibility index (Phi) is 11.1. The van der Waals surface area contributed by atoms with E-state index < -0.39 is 11.9 Å². The summed E-state index contributed by atoms with van der Waals surface area (Å²) < 4.78 is 25.4. The van der Waals surface area contributed by atoms with Crippen molar-refractivity contribution in [2.45, 2.75) is 84.7 Å². The highest BCUT2D eigenvalue weighted by atomic mass is 19.1. The van der Waals surface area contributed by atoms with Crippen LogP contribution in [0.3, 0.4) is 0 Å². The number of halogens is 1. The minimum Gasteiger partial charge on any atom is -0.487 e. The molecule has 0 radical (unpaired) electrons. The van der Waals surface area contributed by atoms with E-state index >= 15 is 0 Å². The standard InChI is InChI=1S/C27H37FO3/c1-4-6-8-10-12-27(29)31-21(3)20-30-26-18-17-24(19-25(26)28)23-15-13-22(14-16-23)11-9-7-5-2/h13-19,21H,4-12,20H2,1-3H3. The number of rotatable bonds is 14. The van der Waals surface area contributed by atoms with Crippen LogP contribution in [0.4, 0.5) is 4.39 Å². The van der Waals surface area contributed by atoms with Gasteiger partial charge in [-0.1, -0.05) is 76.3 Å². The van der Waals surface area contributed by atoms with Gasteiger partial charge < -0.3 is 9.47 Å². The molecule has 31 heavy (non-hydrogen) atoms. The third-order valence-electron chi connectivity index (χ3n) is 5.33. The lowest BCUT2D eigenvalue weighted by atomic mass is 10.0. The molecule has 2 aromatic rings. The van der Waals surface area contributed by atoms with Crippen molar-refractivity contribution in [3.63, 3.8) is 0 Å². The predicted octanol–water partition coefficient (Wildman–Crippen LogP) is 7.51. The maximum absolute atomic E-state index is 14.5. The quantitative estimate of drug-likeness (QED) is 0.231. The number of carbonyl (C=O) groups is 1. The molecule has 1 atom stereocenters. The minimum atomic E-state index is -0.419. The third kappa shape index (κ3) is 9.12. The molecule has 1 unspecified atom stereocenters. The molecule has 2 rings (SSSR count). The van der Waals surface area contributed by atoms with Gasteiger partial charge in [0.05, 0.1) is 0 Å². The summed E-state index contributed by atoms with van der Waals surface area (Å²) in [5.41, 5.74) is 3.11. The van der Waals surface area contributed by atoms with E-state index in [0.717, 1.165) is 43.2 Å². The van der Waals surface area contributed by atoms with E-state index in [9.17, 15) is 9.18 Å². The van der Waals surface area contributed by atoms with Gasteiger partial charge in [0, 0.05) is 6.42 Å². The van der Waals surface area contributed by atoms with Crippen molar-refractivity contribution in [1.29, 1.82) is 0 Å². The van der Waals surface area contributed by atoms with Gasteiger partial charge in [-0.3, -0.25) is 4.79 Å². The Balaban J connectivity index is 1.83. The molecule has 170 valence electrons. The van der Waals surface area contributed by atoms with Crippen molar-refractivity contribution in [3.05, 3.63) is 53.8 Å². The summed E-state index contributed by atoms with van der Waals surface area (Å²) in [7, 11) is 0. The first-order valence-electron chi connectivity index (χ1n) is 11.7. The maximum Gasteiger partial charge on any atom is 0.306 e. The van der Waals surface area contributed by atoms with E-state index in [1.165, 1.54) is 30.9 Å². The van der Waals surface area contributed by atoms with Gasteiger partial charge in [0.25, 0.3) is 0 Å². The zero-order chi connectivity index (χ0) is 22.5. The van der Waals surface area contributed by atoms with Crippen molar-refractivity contribution in [1.82, 2.24) is 0 Å². The monoisotopic (exact) mass is 428 g/mol. The zero-order valence-electron chi connectivity index (χ0n) is 19.3. The average Bonchev–Trinajstić information content (AvgIpc) is 2.76. The largest absolute Gasteiger partial charge is 0.487 e. The molecule has 4 heteroatoms. The second-order valence-electron chi connectivity index (χ2n) is 8.22. The van der Waals surface area contributed by atoms with Crippen LogP contribution in [0.25, 0.3) is 11.1 Å². The van der Waals surface area contributed by atoms with Crippen molar-refractivity contribution in [2.75, 3.05) is 6.61 Å². The average molecular weight is 429 g/mol. The fourth-order valence-corrected chi connectivity index (χ4v) is 3.46. The lowest BCUT2D eigenvalue weighted by Gasteiger charge is -2.15. The molecule has 0 heterocycles. The van der Waals surface area contributed by atoms with Gasteiger partial charge in [-0.05, 0) is 55.0 Å². The molecular formula is C27H37FO3. The van der Waals surface area contributed by atoms with E-state index in [2.05, 4.69) is 26.0 Å². The summed E-state index contributed by atoms with van der Waals surface area (Å²) in [6, 6.07) is 13.3. The first kappa shape index (κ1) is 24.9. The van der Waals surface area contributed by atoms with Crippen LogP contribution in [0.2, 0.25) is 0 Å². The van der Waals surface area contributed by atoms with E-state index in [1.807, 2.05) is 18.2 Å². The number of hydrogen-bond acceptors (Lipinski definition) is 3. The molecule has 0 aliphatic rings. The van der Waals surface area contributed by atoms with Crippen LogP contribution in [-0.4, -0.2) is 18.7 Å². The Morgan fingerprint density at radius 3 is 2.26 bits per heavy atom. The molecular weight excluding hydrogens is 391 g/mol. The van der Waals surface area contributed by atoms with Gasteiger partial charge in [-0.15, -0.1) is 0 Å². The van der Waals surface area contributed by atoms with E-state index in [1.54, 1.807) is 13.0 Å². The van der Waals surface area contributed by atoms with Gasteiger partial charge in [0.2, 0.25) is 0 Å². The molecule has 3 nitrogen and oxygen atoms in total. The molecule has 0 saturated carbocycles. The van der Waals surface area contributed by atoms with E-state index in [4.69, 9.17) is 9.47 Å². The van der Waals surface area contributed by atoms with Crippen molar-refractivity contribution in [3.8, 4) is 16.9 Å². The first-order valence-corrected chi connectivity index (χ1v) is 11.7. The second kappa shape index (κ2) is 13.8. The summed E-state index contributed by atoms with van der Waals surface area (Å²) in [6.07, 6.45) is 8.88. The molecule has 0 amide bonds. The van der Waals surface area contributed by atoms with Crippen LogP contribution in [-0.2, 0) is 16.0 Å². The van der Waals surface area contributed by atoms with Crippen LogP contribution in [0.15, 0.2) is 42.5 Å². The smallest absolute Gasteiger partial charge is 0.306 e. The van der Waals surface area contributed by atoms with Crippen molar-refractivity contribution < 1.29 is 18.7 Å². The van der Waals surface area contributed by atoms with Crippen LogP contribution in [0, 0.1) is 5.82 Å². The minimum absolute atomic E-state index is 0.128. The van der Waals surface area contributed by atoms with Crippen LogP contribution in [0.1, 0.15) is 77.7 Å². The topological polar surface area (TPSA) is 35.5 Å². The van der Waals surface area contributed by atoms with Gasteiger partial charge >= 0.3 is 5.97 Å². The summed E-state index contributed by atoms with van der Waals surface area (Å²) in [4.78, 5) is 11.8. The van der Waals surface area contributed by atoms with E-state index in [0.29, 0.717) is 6.42 Å². The molecule has 2 aromatic carbocycles. The summed E-state index contributed by atoms with van der Waals surface area (Å²) in [6.45, 7) is 6.23. The lowest BCUT2D eigenvalue weighted by molar-refractivity contribution is -0.149. The number of hydrogen-bond donors (Lipinski definition) is 0. The first-order chi connectivity index (χ1) is 15.0.